The molecule has 2 aliphatic heterocycles. The minimum Gasteiger partial charge on any atom is -0.462 e. The molecule has 0 spiro atoms. The molecule has 0 N–H and O–H groups in total. The van der Waals surface area contributed by atoms with E-state index in [0.29, 0.717) is 18.5 Å². The summed E-state index contributed by atoms with van der Waals surface area (Å²) in [4.78, 5) is 14.4. The monoisotopic (exact) mass is 281 g/mol. The van der Waals surface area contributed by atoms with Gasteiger partial charge in [-0.3, -0.25) is 4.79 Å². The van der Waals surface area contributed by atoms with Crippen molar-refractivity contribution in [2.75, 3.05) is 7.05 Å². The first kappa shape index (κ1) is 15.8. The van der Waals surface area contributed by atoms with Crippen LogP contribution in [0.25, 0.3) is 0 Å². The molecule has 0 saturated carbocycles. The van der Waals surface area contributed by atoms with Crippen LogP contribution in [0.1, 0.15) is 77.6 Å². The lowest BCUT2D eigenvalue weighted by molar-refractivity contribution is -0.152. The summed E-state index contributed by atoms with van der Waals surface area (Å²) >= 11 is 0. The van der Waals surface area contributed by atoms with Gasteiger partial charge in [0.1, 0.15) is 6.10 Å². The molecule has 0 aromatic heterocycles. The van der Waals surface area contributed by atoms with Crippen LogP contribution in [0.2, 0.25) is 0 Å². The van der Waals surface area contributed by atoms with E-state index < -0.39 is 0 Å². The second-order valence-corrected chi connectivity index (χ2v) is 6.65. The Balaban J connectivity index is 1.56. The molecule has 2 aliphatic rings. The highest BCUT2D eigenvalue weighted by Crippen LogP contribution is 2.35. The van der Waals surface area contributed by atoms with Gasteiger partial charge in [-0.25, -0.2) is 0 Å². The van der Waals surface area contributed by atoms with Crippen molar-refractivity contribution in [3.8, 4) is 0 Å². The number of piperidine rings is 1. The number of esters is 1. The molecule has 0 radical (unpaired) electrons. The van der Waals surface area contributed by atoms with Crippen LogP contribution in [0, 0.1) is 0 Å². The van der Waals surface area contributed by atoms with Crippen LogP contribution in [0.15, 0.2) is 0 Å². The van der Waals surface area contributed by atoms with Crippen molar-refractivity contribution in [3.63, 3.8) is 0 Å². The van der Waals surface area contributed by atoms with Gasteiger partial charge in [0.25, 0.3) is 0 Å². The van der Waals surface area contributed by atoms with Gasteiger partial charge in [-0.15, -0.1) is 0 Å². The number of ether oxygens (including phenoxy) is 1. The Morgan fingerprint density at radius 1 is 1.05 bits per heavy atom. The number of carbonyl (C=O) groups excluding carboxylic acids is 1. The molecule has 0 amide bonds. The molecule has 116 valence electrons. The van der Waals surface area contributed by atoms with Crippen molar-refractivity contribution >= 4 is 5.97 Å². The number of hydrogen-bond donors (Lipinski definition) is 0. The molecule has 2 saturated heterocycles. The lowest BCUT2D eigenvalue weighted by Gasteiger charge is -2.35. The number of unbranched alkanes of at least 4 members (excludes halogenated alkanes) is 5. The zero-order chi connectivity index (χ0) is 14.4. The van der Waals surface area contributed by atoms with E-state index in [4.69, 9.17) is 4.74 Å². The second-order valence-electron chi connectivity index (χ2n) is 6.65. The lowest BCUT2D eigenvalue weighted by Crippen LogP contribution is -2.43. The van der Waals surface area contributed by atoms with E-state index in [-0.39, 0.29) is 12.1 Å². The van der Waals surface area contributed by atoms with Crippen LogP contribution in [0.4, 0.5) is 0 Å². The largest absolute Gasteiger partial charge is 0.462 e. The van der Waals surface area contributed by atoms with Gasteiger partial charge in [-0.05, 0) is 39.2 Å². The van der Waals surface area contributed by atoms with Gasteiger partial charge in [-0.2, -0.15) is 0 Å². The zero-order valence-corrected chi connectivity index (χ0v) is 13.3. The van der Waals surface area contributed by atoms with E-state index in [1.807, 2.05) is 0 Å². The standard InChI is InChI=1S/C17H31NO2/c1-3-4-5-6-7-8-9-17(19)20-16-12-14-10-11-15(13-16)18(14)2/h14-16H,3-13H2,1-2H3. The van der Waals surface area contributed by atoms with Crippen molar-refractivity contribution in [1.29, 1.82) is 0 Å². The highest BCUT2D eigenvalue weighted by atomic mass is 16.5. The van der Waals surface area contributed by atoms with Gasteiger partial charge in [0.15, 0.2) is 0 Å². The van der Waals surface area contributed by atoms with E-state index in [2.05, 4.69) is 18.9 Å². The van der Waals surface area contributed by atoms with Crippen molar-refractivity contribution in [3.05, 3.63) is 0 Å². The Morgan fingerprint density at radius 3 is 2.30 bits per heavy atom. The van der Waals surface area contributed by atoms with Crippen molar-refractivity contribution in [2.24, 2.45) is 0 Å². The third-order valence-corrected chi connectivity index (χ3v) is 5.09. The Hall–Kier alpha value is -0.570. The predicted molar refractivity (Wildman–Crippen MR) is 81.7 cm³/mol. The maximum Gasteiger partial charge on any atom is 0.306 e. The molecule has 2 bridgehead atoms. The van der Waals surface area contributed by atoms with Crippen molar-refractivity contribution < 1.29 is 9.53 Å². The zero-order valence-electron chi connectivity index (χ0n) is 13.3. The van der Waals surface area contributed by atoms with Gasteiger partial charge < -0.3 is 9.64 Å². The van der Waals surface area contributed by atoms with E-state index in [1.165, 1.54) is 44.9 Å². The molecule has 2 fully saturated rings. The topological polar surface area (TPSA) is 29.5 Å². The maximum atomic E-state index is 11.9. The van der Waals surface area contributed by atoms with Crippen LogP contribution >= 0.6 is 0 Å². The van der Waals surface area contributed by atoms with Crippen molar-refractivity contribution in [2.45, 2.75) is 95.7 Å². The number of rotatable bonds is 8. The molecule has 20 heavy (non-hydrogen) atoms. The van der Waals surface area contributed by atoms with Crippen molar-refractivity contribution in [1.82, 2.24) is 4.90 Å². The molecule has 3 heteroatoms. The molecule has 0 aromatic carbocycles. The summed E-state index contributed by atoms with van der Waals surface area (Å²) in [5.74, 6) is 0.0365. The molecule has 2 atom stereocenters. The summed E-state index contributed by atoms with van der Waals surface area (Å²) in [5, 5.41) is 0. The van der Waals surface area contributed by atoms with Gasteiger partial charge >= 0.3 is 5.97 Å². The SMILES string of the molecule is CCCCCCCCC(=O)OC1CC2CCC(C1)N2C. The summed E-state index contributed by atoms with van der Waals surface area (Å²) in [5.41, 5.74) is 0. The smallest absolute Gasteiger partial charge is 0.306 e. The molecule has 0 aliphatic carbocycles. The summed E-state index contributed by atoms with van der Waals surface area (Å²) in [6.45, 7) is 2.23. The minimum absolute atomic E-state index is 0.0365. The summed E-state index contributed by atoms with van der Waals surface area (Å²) in [6.07, 6.45) is 12.8. The third-order valence-electron chi connectivity index (χ3n) is 5.09. The fraction of sp³-hybridized carbons (Fsp3) is 0.941. The molecule has 0 aromatic rings. The molecule has 2 rings (SSSR count). The van der Waals surface area contributed by atoms with Crippen LogP contribution in [-0.2, 0) is 9.53 Å². The Bertz CT molecular complexity index is 291. The Labute approximate surface area is 124 Å². The first-order chi connectivity index (χ1) is 9.70. The highest BCUT2D eigenvalue weighted by Gasteiger charge is 2.39. The van der Waals surface area contributed by atoms with Gasteiger partial charge in [0.2, 0.25) is 0 Å². The number of carbonyl (C=O) groups is 1. The van der Waals surface area contributed by atoms with E-state index in [1.54, 1.807) is 0 Å². The van der Waals surface area contributed by atoms with Crippen LogP contribution in [0.3, 0.4) is 0 Å². The summed E-state index contributed by atoms with van der Waals surface area (Å²) in [7, 11) is 2.22. The fourth-order valence-corrected chi connectivity index (χ4v) is 3.75. The number of nitrogens with zero attached hydrogens (tertiary/aromatic N) is 1. The molecular weight excluding hydrogens is 250 g/mol. The normalized spacial score (nSPS) is 29.6. The van der Waals surface area contributed by atoms with Gasteiger partial charge in [0.05, 0.1) is 0 Å². The second kappa shape index (κ2) is 8.02. The first-order valence-corrected chi connectivity index (χ1v) is 8.62. The molecule has 2 heterocycles. The summed E-state index contributed by atoms with van der Waals surface area (Å²) < 4.78 is 5.68. The van der Waals surface area contributed by atoms with Crippen LogP contribution < -0.4 is 0 Å². The first-order valence-electron chi connectivity index (χ1n) is 8.62. The molecule has 3 nitrogen and oxygen atoms in total. The predicted octanol–water partition coefficient (Wildman–Crippen LogP) is 3.91. The van der Waals surface area contributed by atoms with Crippen LogP contribution in [-0.4, -0.2) is 36.1 Å². The Morgan fingerprint density at radius 2 is 1.65 bits per heavy atom. The fourth-order valence-electron chi connectivity index (χ4n) is 3.75. The number of hydrogen-bond acceptors (Lipinski definition) is 3. The average molecular weight is 281 g/mol. The van der Waals surface area contributed by atoms with Crippen LogP contribution in [0.5, 0.6) is 0 Å². The summed E-state index contributed by atoms with van der Waals surface area (Å²) in [6, 6.07) is 1.31. The third kappa shape index (κ3) is 4.47. The van der Waals surface area contributed by atoms with E-state index >= 15 is 0 Å². The maximum absolute atomic E-state index is 11.9. The number of fused-ring (bicyclic) bond motifs is 2. The Kier molecular flexibility index (Phi) is 6.34. The quantitative estimate of drug-likeness (QED) is 0.499. The lowest BCUT2D eigenvalue weighted by atomic mass is 10.0. The van der Waals surface area contributed by atoms with Gasteiger partial charge in [0, 0.05) is 18.5 Å². The molecular formula is C17H31NO2. The van der Waals surface area contributed by atoms with Gasteiger partial charge in [-0.1, -0.05) is 39.0 Å². The molecule has 2 unspecified atom stereocenters. The highest BCUT2D eigenvalue weighted by molar-refractivity contribution is 5.69. The van der Waals surface area contributed by atoms with E-state index in [0.717, 1.165) is 19.3 Å². The minimum atomic E-state index is 0.0365. The van der Waals surface area contributed by atoms with E-state index in [9.17, 15) is 4.79 Å². The average Bonchev–Trinajstić information content (AvgIpc) is 2.65.